The van der Waals surface area contributed by atoms with Crippen LogP contribution >= 0.6 is 0 Å². The minimum atomic E-state index is 0.0350. The molecule has 5 heteroatoms. The van der Waals surface area contributed by atoms with Crippen molar-refractivity contribution in [2.24, 2.45) is 0 Å². The molecule has 1 unspecified atom stereocenters. The largest absolute Gasteiger partial charge is 0.392 e. The third-order valence-corrected chi connectivity index (χ3v) is 3.56. The number of aliphatic hydroxyl groups excluding tert-OH is 1. The van der Waals surface area contributed by atoms with Crippen LogP contribution in [-0.4, -0.2) is 48.8 Å². The summed E-state index contributed by atoms with van der Waals surface area (Å²) < 4.78 is 5.23. The Kier molecular flexibility index (Phi) is 5.52. The average molecular weight is 278 g/mol. The zero-order valence-electron chi connectivity index (χ0n) is 11.8. The molecule has 0 saturated carbocycles. The zero-order chi connectivity index (χ0) is 14.4. The second-order valence-corrected chi connectivity index (χ2v) is 5.00. The first-order valence-corrected chi connectivity index (χ1v) is 6.99. The Morgan fingerprint density at radius 1 is 1.45 bits per heavy atom. The maximum Gasteiger partial charge on any atom is 0.236 e. The van der Waals surface area contributed by atoms with E-state index in [-0.39, 0.29) is 18.6 Å². The molecule has 1 saturated heterocycles. The maximum atomic E-state index is 12.0. The number of hydrogen-bond acceptors (Lipinski definition) is 4. The highest BCUT2D eigenvalue weighted by atomic mass is 16.5. The number of nitrogens with one attached hydrogen (secondary N) is 1. The summed E-state index contributed by atoms with van der Waals surface area (Å²) in [4.78, 5) is 13.9. The predicted molar refractivity (Wildman–Crippen MR) is 76.2 cm³/mol. The van der Waals surface area contributed by atoms with Crippen molar-refractivity contribution in [3.63, 3.8) is 0 Å². The number of amides is 1. The zero-order valence-corrected chi connectivity index (χ0v) is 11.8. The van der Waals surface area contributed by atoms with Gasteiger partial charge >= 0.3 is 0 Å². The van der Waals surface area contributed by atoms with Gasteiger partial charge in [0.05, 0.1) is 26.4 Å². The van der Waals surface area contributed by atoms with Gasteiger partial charge in [-0.25, -0.2) is 0 Å². The van der Waals surface area contributed by atoms with Crippen molar-refractivity contribution in [3.8, 4) is 0 Å². The third kappa shape index (κ3) is 4.03. The van der Waals surface area contributed by atoms with Crippen LogP contribution in [0.1, 0.15) is 24.1 Å². The van der Waals surface area contributed by atoms with Crippen molar-refractivity contribution in [3.05, 3.63) is 35.4 Å². The fourth-order valence-corrected chi connectivity index (χ4v) is 2.24. The lowest BCUT2D eigenvalue weighted by Gasteiger charge is -2.27. The molecule has 20 heavy (non-hydrogen) atoms. The lowest BCUT2D eigenvalue weighted by atomic mass is 10.1. The minimum absolute atomic E-state index is 0.0350. The van der Waals surface area contributed by atoms with Gasteiger partial charge in [-0.15, -0.1) is 0 Å². The highest BCUT2D eigenvalue weighted by Crippen LogP contribution is 2.14. The monoisotopic (exact) mass is 278 g/mol. The first-order valence-electron chi connectivity index (χ1n) is 6.99. The number of morpholine rings is 1. The molecule has 1 aromatic carbocycles. The highest BCUT2D eigenvalue weighted by Gasteiger charge is 2.17. The fourth-order valence-electron chi connectivity index (χ4n) is 2.24. The molecular weight excluding hydrogens is 256 g/mol. The summed E-state index contributed by atoms with van der Waals surface area (Å²) in [5, 5.41) is 12.4. The van der Waals surface area contributed by atoms with Crippen LogP contribution < -0.4 is 5.32 Å². The number of nitrogens with zero attached hydrogens (tertiary/aromatic N) is 1. The fraction of sp³-hybridized carbons (Fsp3) is 0.533. The van der Waals surface area contributed by atoms with E-state index in [1.54, 1.807) is 0 Å². The molecule has 2 N–H and O–H groups in total. The Hall–Kier alpha value is -1.43. The van der Waals surface area contributed by atoms with Crippen molar-refractivity contribution >= 4 is 5.91 Å². The Balaban J connectivity index is 1.84. The van der Waals surface area contributed by atoms with Gasteiger partial charge in [0.15, 0.2) is 0 Å². The second-order valence-electron chi connectivity index (χ2n) is 5.00. The molecule has 0 radical (unpaired) electrons. The van der Waals surface area contributed by atoms with E-state index in [9.17, 15) is 4.79 Å². The van der Waals surface area contributed by atoms with Gasteiger partial charge in [0.2, 0.25) is 5.91 Å². The molecule has 5 nitrogen and oxygen atoms in total. The smallest absolute Gasteiger partial charge is 0.236 e. The van der Waals surface area contributed by atoms with Gasteiger partial charge in [-0.2, -0.15) is 0 Å². The normalized spacial score (nSPS) is 17.0. The molecule has 1 aromatic rings. The van der Waals surface area contributed by atoms with E-state index in [2.05, 4.69) is 5.32 Å². The van der Waals surface area contributed by atoms with Crippen LogP contribution in [0.4, 0.5) is 0 Å². The van der Waals surface area contributed by atoms with Gasteiger partial charge in [0.1, 0.15) is 0 Å². The van der Waals surface area contributed by atoms with E-state index in [4.69, 9.17) is 9.84 Å². The quantitative estimate of drug-likeness (QED) is 0.832. The molecule has 0 aliphatic carbocycles. The van der Waals surface area contributed by atoms with Crippen molar-refractivity contribution in [2.45, 2.75) is 19.6 Å². The van der Waals surface area contributed by atoms with Crippen LogP contribution in [0, 0.1) is 0 Å². The number of aliphatic hydroxyl groups is 1. The number of ether oxygens (including phenoxy) is 1. The van der Waals surface area contributed by atoms with Crippen molar-refractivity contribution < 1.29 is 14.6 Å². The standard InChI is InChI=1S/C15H22N2O3/c1-12(14-4-2-3-13(9-14)11-18)16-10-15(19)17-5-7-20-8-6-17/h2-4,9,12,16,18H,5-8,10-11H2,1H3. The molecule has 1 fully saturated rings. The summed E-state index contributed by atoms with van der Waals surface area (Å²) in [6, 6.07) is 7.83. The van der Waals surface area contributed by atoms with Crippen LogP contribution in [0.2, 0.25) is 0 Å². The molecule has 1 heterocycles. The number of rotatable bonds is 5. The SMILES string of the molecule is CC(NCC(=O)N1CCOCC1)c1cccc(CO)c1. The molecule has 1 amide bonds. The van der Waals surface area contributed by atoms with E-state index in [0.717, 1.165) is 11.1 Å². The van der Waals surface area contributed by atoms with Gasteiger partial charge < -0.3 is 20.1 Å². The van der Waals surface area contributed by atoms with Crippen molar-refractivity contribution in [1.82, 2.24) is 10.2 Å². The molecule has 110 valence electrons. The summed E-state index contributed by atoms with van der Waals surface area (Å²) >= 11 is 0. The molecule has 2 rings (SSSR count). The summed E-state index contributed by atoms with van der Waals surface area (Å²) in [5.41, 5.74) is 1.96. The first kappa shape index (κ1) is 15.0. The van der Waals surface area contributed by atoms with Crippen LogP contribution in [0.25, 0.3) is 0 Å². The third-order valence-electron chi connectivity index (χ3n) is 3.56. The summed E-state index contributed by atoms with van der Waals surface area (Å²) in [6.07, 6.45) is 0. The molecule has 1 aliphatic rings. The van der Waals surface area contributed by atoms with Crippen LogP contribution in [0.15, 0.2) is 24.3 Å². The summed E-state index contributed by atoms with van der Waals surface area (Å²) in [7, 11) is 0. The second kappa shape index (κ2) is 7.38. The van der Waals surface area contributed by atoms with Gasteiger partial charge in [-0.1, -0.05) is 24.3 Å². The Morgan fingerprint density at radius 2 is 2.20 bits per heavy atom. The number of carbonyl (C=O) groups excluding carboxylic acids is 1. The molecule has 0 spiro atoms. The van der Waals surface area contributed by atoms with E-state index >= 15 is 0 Å². The van der Waals surface area contributed by atoms with Gasteiger partial charge in [-0.3, -0.25) is 4.79 Å². The van der Waals surface area contributed by atoms with Gasteiger partial charge in [0.25, 0.3) is 0 Å². The molecule has 0 bridgehead atoms. The summed E-state index contributed by atoms with van der Waals surface area (Å²) in [6.45, 7) is 4.98. The molecule has 1 atom stereocenters. The predicted octanol–water partition coefficient (Wildman–Crippen LogP) is 0.688. The topological polar surface area (TPSA) is 61.8 Å². The average Bonchev–Trinajstić information content (AvgIpc) is 2.53. The van der Waals surface area contributed by atoms with Crippen molar-refractivity contribution in [2.75, 3.05) is 32.8 Å². The lowest BCUT2D eigenvalue weighted by Crippen LogP contribution is -2.45. The first-order chi connectivity index (χ1) is 9.70. The Labute approximate surface area is 119 Å². The van der Waals surface area contributed by atoms with Crippen LogP contribution in [0.5, 0.6) is 0 Å². The minimum Gasteiger partial charge on any atom is -0.392 e. The molecule has 0 aromatic heterocycles. The lowest BCUT2D eigenvalue weighted by molar-refractivity contribution is -0.134. The molecule has 1 aliphatic heterocycles. The summed E-state index contributed by atoms with van der Waals surface area (Å²) in [5.74, 6) is 0.110. The van der Waals surface area contributed by atoms with E-state index in [0.29, 0.717) is 32.8 Å². The Morgan fingerprint density at radius 3 is 2.90 bits per heavy atom. The Bertz CT molecular complexity index is 444. The molecular formula is C15H22N2O3. The van der Waals surface area contributed by atoms with Crippen LogP contribution in [-0.2, 0) is 16.1 Å². The number of benzene rings is 1. The van der Waals surface area contributed by atoms with Gasteiger partial charge in [0, 0.05) is 19.1 Å². The van der Waals surface area contributed by atoms with Gasteiger partial charge in [-0.05, 0) is 18.1 Å². The maximum absolute atomic E-state index is 12.0. The highest BCUT2D eigenvalue weighted by molar-refractivity contribution is 5.78. The van der Waals surface area contributed by atoms with Crippen LogP contribution in [0.3, 0.4) is 0 Å². The number of hydrogen-bond donors (Lipinski definition) is 2. The van der Waals surface area contributed by atoms with E-state index in [1.165, 1.54) is 0 Å². The number of carbonyl (C=O) groups is 1. The van der Waals surface area contributed by atoms with Crippen molar-refractivity contribution in [1.29, 1.82) is 0 Å². The van der Waals surface area contributed by atoms with E-state index in [1.807, 2.05) is 36.1 Å². The van der Waals surface area contributed by atoms with E-state index < -0.39 is 0 Å².